The topological polar surface area (TPSA) is 67.9 Å². The third kappa shape index (κ3) is 4.50. The molecule has 0 fully saturated rings. The van der Waals surface area contributed by atoms with Gasteiger partial charge in [-0.3, -0.25) is 14.5 Å². The number of hydrogen-bond acceptors (Lipinski definition) is 5. The highest BCUT2D eigenvalue weighted by Gasteiger charge is 2.39. The van der Waals surface area contributed by atoms with Crippen molar-refractivity contribution in [3.05, 3.63) is 94.9 Å². The van der Waals surface area contributed by atoms with E-state index >= 15 is 0 Å². The first-order chi connectivity index (χ1) is 16.4. The molecule has 0 saturated carbocycles. The Morgan fingerprint density at radius 1 is 0.971 bits per heavy atom. The molecule has 6 nitrogen and oxygen atoms in total. The molecule has 1 aliphatic rings. The summed E-state index contributed by atoms with van der Waals surface area (Å²) in [7, 11) is 1.53. The highest BCUT2D eigenvalue weighted by Crippen LogP contribution is 2.35. The summed E-state index contributed by atoms with van der Waals surface area (Å²) in [6.45, 7) is 4.13. The Morgan fingerprint density at radius 3 is 2.38 bits per heavy atom. The van der Waals surface area contributed by atoms with E-state index in [-0.39, 0.29) is 23.4 Å². The molecule has 2 amide bonds. The van der Waals surface area contributed by atoms with Crippen LogP contribution in [0.3, 0.4) is 0 Å². The van der Waals surface area contributed by atoms with Crippen LogP contribution in [0.1, 0.15) is 23.6 Å². The molecule has 7 heteroatoms. The summed E-state index contributed by atoms with van der Waals surface area (Å²) in [6.07, 6.45) is 0. The average molecular weight is 461 g/mol. The fraction of sp³-hybridized carbons (Fsp3) is 0.185. The number of methoxy groups -OCH3 is 1. The van der Waals surface area contributed by atoms with E-state index in [2.05, 4.69) is 5.32 Å². The van der Waals surface area contributed by atoms with Crippen molar-refractivity contribution in [2.24, 2.45) is 0 Å². The second-order valence-electron chi connectivity index (χ2n) is 7.82. The van der Waals surface area contributed by atoms with E-state index < -0.39 is 17.6 Å². The van der Waals surface area contributed by atoms with Gasteiger partial charge in [-0.2, -0.15) is 0 Å². The third-order valence-electron chi connectivity index (χ3n) is 5.52. The molecule has 3 aromatic rings. The van der Waals surface area contributed by atoms with Gasteiger partial charge < -0.3 is 14.8 Å². The highest BCUT2D eigenvalue weighted by atomic mass is 19.1. The zero-order valence-electron chi connectivity index (χ0n) is 19.2. The molecule has 174 valence electrons. The number of rotatable bonds is 8. The van der Waals surface area contributed by atoms with Crippen LogP contribution in [0.25, 0.3) is 5.57 Å². The minimum absolute atomic E-state index is 0.106. The molecular formula is C27H25FN2O4. The van der Waals surface area contributed by atoms with Gasteiger partial charge in [-0.05, 0) is 55.3 Å². The molecule has 0 aliphatic carbocycles. The molecule has 0 aromatic heterocycles. The highest BCUT2D eigenvalue weighted by molar-refractivity contribution is 6.36. The number of carbonyl (C=O) groups excluding carboxylic acids is 2. The zero-order valence-corrected chi connectivity index (χ0v) is 19.2. The Kier molecular flexibility index (Phi) is 6.63. The summed E-state index contributed by atoms with van der Waals surface area (Å²) in [5.74, 6) is -0.349. The molecule has 0 bridgehead atoms. The molecule has 4 rings (SSSR count). The third-order valence-corrected chi connectivity index (χ3v) is 5.52. The van der Waals surface area contributed by atoms with Gasteiger partial charge >= 0.3 is 0 Å². The summed E-state index contributed by atoms with van der Waals surface area (Å²) in [5.41, 5.74) is 2.61. The first-order valence-corrected chi connectivity index (χ1v) is 10.9. The van der Waals surface area contributed by atoms with E-state index in [9.17, 15) is 14.0 Å². The maximum atomic E-state index is 14.3. The molecule has 0 radical (unpaired) electrons. The Balaban J connectivity index is 1.77. The molecule has 0 unspecified atom stereocenters. The van der Waals surface area contributed by atoms with E-state index in [1.54, 1.807) is 48.5 Å². The zero-order chi connectivity index (χ0) is 24.2. The minimum atomic E-state index is -0.541. The van der Waals surface area contributed by atoms with E-state index in [0.29, 0.717) is 29.4 Å². The van der Waals surface area contributed by atoms with Gasteiger partial charge in [0, 0.05) is 5.56 Å². The van der Waals surface area contributed by atoms with E-state index in [1.165, 1.54) is 13.2 Å². The fourth-order valence-corrected chi connectivity index (χ4v) is 3.84. The van der Waals surface area contributed by atoms with Crippen LogP contribution in [0.2, 0.25) is 0 Å². The number of amides is 2. The van der Waals surface area contributed by atoms with Crippen LogP contribution in [0.4, 0.5) is 10.1 Å². The van der Waals surface area contributed by atoms with E-state index in [4.69, 9.17) is 9.47 Å². The number of aryl methyl sites for hydroxylation is 1. The molecule has 0 atom stereocenters. The number of anilines is 1. The first kappa shape index (κ1) is 23.0. The number of carbonyl (C=O) groups is 2. The number of hydrogen-bond donors (Lipinski definition) is 1. The lowest BCUT2D eigenvalue weighted by atomic mass is 10.0. The molecular weight excluding hydrogens is 435 g/mol. The monoisotopic (exact) mass is 460 g/mol. The van der Waals surface area contributed by atoms with Crippen LogP contribution in [0.15, 0.2) is 72.4 Å². The summed E-state index contributed by atoms with van der Waals surface area (Å²) in [4.78, 5) is 28.0. The van der Waals surface area contributed by atoms with Crippen molar-refractivity contribution in [2.45, 2.75) is 20.4 Å². The summed E-state index contributed by atoms with van der Waals surface area (Å²) in [6, 6.07) is 18.5. The Hall–Kier alpha value is -4.13. The predicted molar refractivity (Wildman–Crippen MR) is 128 cm³/mol. The van der Waals surface area contributed by atoms with Crippen LogP contribution >= 0.6 is 0 Å². The van der Waals surface area contributed by atoms with Crippen LogP contribution in [0, 0.1) is 12.7 Å². The molecule has 1 aliphatic heterocycles. The number of nitrogens with one attached hydrogen (secondary N) is 1. The summed E-state index contributed by atoms with van der Waals surface area (Å²) >= 11 is 0. The maximum Gasteiger partial charge on any atom is 0.278 e. The van der Waals surface area contributed by atoms with Gasteiger partial charge in [0.05, 0.1) is 31.5 Å². The lowest BCUT2D eigenvalue weighted by Gasteiger charge is -2.16. The van der Waals surface area contributed by atoms with Crippen LogP contribution < -0.4 is 14.8 Å². The predicted octanol–water partition coefficient (Wildman–Crippen LogP) is 4.93. The quantitative estimate of drug-likeness (QED) is 0.483. The second kappa shape index (κ2) is 9.79. The average Bonchev–Trinajstić information content (AvgIpc) is 3.05. The van der Waals surface area contributed by atoms with Crippen molar-refractivity contribution < 1.29 is 23.5 Å². The van der Waals surface area contributed by atoms with Crippen LogP contribution in [-0.4, -0.2) is 30.4 Å². The van der Waals surface area contributed by atoms with Gasteiger partial charge in [0.1, 0.15) is 23.0 Å². The normalized spacial score (nSPS) is 13.5. The van der Waals surface area contributed by atoms with Crippen molar-refractivity contribution in [3.8, 4) is 11.5 Å². The van der Waals surface area contributed by atoms with Gasteiger partial charge in [-0.15, -0.1) is 0 Å². The maximum absolute atomic E-state index is 14.3. The smallest absolute Gasteiger partial charge is 0.278 e. The van der Waals surface area contributed by atoms with Gasteiger partial charge in [0.25, 0.3) is 11.8 Å². The van der Waals surface area contributed by atoms with Gasteiger partial charge in [-0.1, -0.05) is 36.4 Å². The van der Waals surface area contributed by atoms with Gasteiger partial charge in [0.15, 0.2) is 0 Å². The van der Waals surface area contributed by atoms with Gasteiger partial charge in [0.2, 0.25) is 0 Å². The van der Waals surface area contributed by atoms with Crippen molar-refractivity contribution in [1.82, 2.24) is 4.90 Å². The van der Waals surface area contributed by atoms with Crippen molar-refractivity contribution in [3.63, 3.8) is 0 Å². The first-order valence-electron chi connectivity index (χ1n) is 10.9. The van der Waals surface area contributed by atoms with Gasteiger partial charge in [-0.25, -0.2) is 4.39 Å². The van der Waals surface area contributed by atoms with E-state index in [0.717, 1.165) is 10.5 Å². The Bertz CT molecular complexity index is 1270. The largest absolute Gasteiger partial charge is 0.495 e. The van der Waals surface area contributed by atoms with Crippen molar-refractivity contribution in [2.75, 3.05) is 19.0 Å². The minimum Gasteiger partial charge on any atom is -0.495 e. The Labute approximate surface area is 197 Å². The number of ether oxygens (including phenoxy) is 2. The molecule has 1 heterocycles. The number of benzene rings is 3. The van der Waals surface area contributed by atoms with Crippen LogP contribution in [0.5, 0.6) is 11.5 Å². The Morgan fingerprint density at radius 2 is 1.71 bits per heavy atom. The molecule has 1 N–H and O–H groups in total. The molecule has 0 saturated heterocycles. The summed E-state index contributed by atoms with van der Waals surface area (Å²) in [5, 5.41) is 3.12. The molecule has 0 spiro atoms. The number of nitrogens with zero attached hydrogens (tertiary/aromatic N) is 1. The molecule has 34 heavy (non-hydrogen) atoms. The standard InChI is InChI=1S/C27H25FN2O4/c1-4-34-20-12-10-18(11-13-20)24-25(29-22-15-17(2)9-14-23(22)33-3)27(32)30(26(24)31)16-19-7-5-6-8-21(19)28/h5-15,29H,4,16H2,1-3H3. The van der Waals surface area contributed by atoms with Crippen LogP contribution in [-0.2, 0) is 16.1 Å². The fourth-order valence-electron chi connectivity index (χ4n) is 3.84. The molecule has 3 aromatic carbocycles. The SMILES string of the molecule is CCOc1ccc(C2=C(Nc3cc(C)ccc3OC)C(=O)N(Cc3ccccc3F)C2=O)cc1. The number of imide groups is 1. The lowest BCUT2D eigenvalue weighted by Crippen LogP contribution is -2.32. The second-order valence-corrected chi connectivity index (χ2v) is 7.82. The summed E-state index contributed by atoms with van der Waals surface area (Å²) < 4.78 is 25.2. The number of halogens is 1. The van der Waals surface area contributed by atoms with Crippen molar-refractivity contribution >= 4 is 23.1 Å². The van der Waals surface area contributed by atoms with E-state index in [1.807, 2.05) is 26.0 Å². The van der Waals surface area contributed by atoms with Crippen molar-refractivity contribution in [1.29, 1.82) is 0 Å². The lowest BCUT2D eigenvalue weighted by molar-refractivity contribution is -0.137.